The molecule has 1 aliphatic rings. The summed E-state index contributed by atoms with van der Waals surface area (Å²) in [6.45, 7) is -0.0607. The summed E-state index contributed by atoms with van der Waals surface area (Å²) in [5, 5.41) is 18.5. The van der Waals surface area contributed by atoms with Gasteiger partial charge in [-0.25, -0.2) is 4.79 Å². The Labute approximate surface area is 86.0 Å². The molecule has 82 valence electrons. The number of aliphatic hydroxyl groups excluding tert-OH is 2. The number of nitrogens with zero attached hydrogens (tertiary/aromatic N) is 2. The van der Waals surface area contributed by atoms with E-state index in [1.165, 1.54) is 16.8 Å². The molecule has 3 atom stereocenters. The number of hydrogen-bond acceptors (Lipinski definition) is 5. The number of nitrogen functional groups attached to an aromatic ring is 1. The zero-order valence-electron chi connectivity index (χ0n) is 8.08. The van der Waals surface area contributed by atoms with Gasteiger partial charge >= 0.3 is 5.69 Å². The predicted molar refractivity (Wildman–Crippen MR) is 53.1 cm³/mol. The molecule has 0 unspecified atom stereocenters. The Morgan fingerprint density at radius 3 is 2.93 bits per heavy atom. The number of aliphatic hydroxyl groups is 2. The summed E-state index contributed by atoms with van der Waals surface area (Å²) in [7, 11) is 0. The smallest absolute Gasteiger partial charge is 0.349 e. The van der Waals surface area contributed by atoms with E-state index in [0.717, 1.165) is 0 Å². The van der Waals surface area contributed by atoms with Gasteiger partial charge in [-0.2, -0.15) is 4.98 Å². The Bertz CT molecular complexity index is 417. The van der Waals surface area contributed by atoms with Crippen molar-refractivity contribution in [1.29, 1.82) is 0 Å². The van der Waals surface area contributed by atoms with Gasteiger partial charge in [0.05, 0.1) is 12.1 Å². The molecule has 1 heterocycles. The molecule has 4 N–H and O–H groups in total. The van der Waals surface area contributed by atoms with E-state index in [4.69, 9.17) is 10.8 Å². The molecule has 0 saturated heterocycles. The molecule has 0 bridgehead atoms. The lowest BCUT2D eigenvalue weighted by Gasteiger charge is -2.40. The first-order chi connectivity index (χ1) is 7.13. The Morgan fingerprint density at radius 2 is 2.40 bits per heavy atom. The van der Waals surface area contributed by atoms with Gasteiger partial charge in [0.2, 0.25) is 0 Å². The highest BCUT2D eigenvalue weighted by atomic mass is 16.3. The van der Waals surface area contributed by atoms with Gasteiger partial charge in [0.25, 0.3) is 0 Å². The molecular weight excluding hydrogens is 198 g/mol. The van der Waals surface area contributed by atoms with Crippen molar-refractivity contribution in [3.05, 3.63) is 22.7 Å². The van der Waals surface area contributed by atoms with Crippen molar-refractivity contribution in [2.75, 3.05) is 12.3 Å². The van der Waals surface area contributed by atoms with Crippen LogP contribution in [-0.4, -0.2) is 32.5 Å². The zero-order chi connectivity index (χ0) is 11.0. The molecule has 1 aromatic heterocycles. The van der Waals surface area contributed by atoms with E-state index in [1.54, 1.807) is 0 Å². The topological polar surface area (TPSA) is 101 Å². The number of anilines is 1. The standard InChI is InChI=1S/C9H13N3O3/c10-7-1-2-12(9(15)11-7)6-3-5(4-13)8(6)14/h1-2,5-6,8,13-14H,3-4H2,(H2,10,11,15)/t5-,6-,8-/m0/s1. The van der Waals surface area contributed by atoms with E-state index in [2.05, 4.69) is 4.98 Å². The molecule has 0 radical (unpaired) electrons. The minimum atomic E-state index is -0.682. The second-order valence-electron chi connectivity index (χ2n) is 3.78. The van der Waals surface area contributed by atoms with E-state index in [1.807, 2.05) is 0 Å². The van der Waals surface area contributed by atoms with Crippen molar-refractivity contribution in [2.24, 2.45) is 5.92 Å². The fourth-order valence-corrected chi connectivity index (χ4v) is 1.85. The molecule has 0 aliphatic heterocycles. The molecule has 15 heavy (non-hydrogen) atoms. The van der Waals surface area contributed by atoms with E-state index in [0.29, 0.717) is 6.42 Å². The summed E-state index contributed by atoms with van der Waals surface area (Å²) >= 11 is 0. The first-order valence-electron chi connectivity index (χ1n) is 4.77. The van der Waals surface area contributed by atoms with Crippen molar-refractivity contribution < 1.29 is 10.2 Å². The molecule has 0 amide bonds. The molecule has 6 heteroatoms. The van der Waals surface area contributed by atoms with Crippen LogP contribution in [-0.2, 0) is 0 Å². The van der Waals surface area contributed by atoms with E-state index in [-0.39, 0.29) is 24.4 Å². The lowest BCUT2D eigenvalue weighted by molar-refractivity contribution is -0.0579. The van der Waals surface area contributed by atoms with Crippen LogP contribution in [0.25, 0.3) is 0 Å². The SMILES string of the molecule is Nc1ccn([C@H]2C[C@@H](CO)[C@@H]2O)c(=O)n1. The Balaban J connectivity index is 2.22. The highest BCUT2D eigenvalue weighted by Crippen LogP contribution is 2.36. The molecule has 1 saturated carbocycles. The monoisotopic (exact) mass is 211 g/mol. The highest BCUT2D eigenvalue weighted by molar-refractivity contribution is 5.23. The second-order valence-corrected chi connectivity index (χ2v) is 3.78. The molecule has 1 fully saturated rings. The zero-order valence-corrected chi connectivity index (χ0v) is 8.08. The highest BCUT2D eigenvalue weighted by Gasteiger charge is 2.40. The van der Waals surface area contributed by atoms with Gasteiger partial charge < -0.3 is 15.9 Å². The molecule has 0 spiro atoms. The van der Waals surface area contributed by atoms with Gasteiger partial charge in [0.1, 0.15) is 5.82 Å². The third kappa shape index (κ3) is 1.62. The minimum Gasteiger partial charge on any atom is -0.396 e. The van der Waals surface area contributed by atoms with Crippen LogP contribution in [0.1, 0.15) is 12.5 Å². The van der Waals surface area contributed by atoms with E-state index >= 15 is 0 Å². The fourth-order valence-electron chi connectivity index (χ4n) is 1.85. The van der Waals surface area contributed by atoms with Crippen molar-refractivity contribution in [3.63, 3.8) is 0 Å². The molecule has 6 nitrogen and oxygen atoms in total. The summed E-state index contributed by atoms with van der Waals surface area (Å²) in [5.41, 5.74) is 4.89. The van der Waals surface area contributed by atoms with Crippen LogP contribution in [0.2, 0.25) is 0 Å². The van der Waals surface area contributed by atoms with Crippen LogP contribution in [0.3, 0.4) is 0 Å². The molecular formula is C9H13N3O3. The van der Waals surface area contributed by atoms with Gasteiger partial charge in [-0.05, 0) is 12.5 Å². The largest absolute Gasteiger partial charge is 0.396 e. The van der Waals surface area contributed by atoms with Gasteiger partial charge in [-0.3, -0.25) is 4.57 Å². The van der Waals surface area contributed by atoms with Gasteiger partial charge in [-0.15, -0.1) is 0 Å². The number of hydrogen-bond donors (Lipinski definition) is 3. The molecule has 1 aromatic rings. The number of rotatable bonds is 2. The van der Waals surface area contributed by atoms with Crippen molar-refractivity contribution in [2.45, 2.75) is 18.6 Å². The maximum Gasteiger partial charge on any atom is 0.349 e. The number of nitrogens with two attached hydrogens (primary N) is 1. The van der Waals surface area contributed by atoms with Gasteiger partial charge in [0, 0.05) is 18.7 Å². The first-order valence-corrected chi connectivity index (χ1v) is 4.77. The third-order valence-electron chi connectivity index (χ3n) is 2.86. The summed E-state index contributed by atoms with van der Waals surface area (Å²) in [5.74, 6) is 0.0308. The summed E-state index contributed by atoms with van der Waals surface area (Å²) < 4.78 is 1.35. The summed E-state index contributed by atoms with van der Waals surface area (Å²) in [6, 6.07) is 1.23. The van der Waals surface area contributed by atoms with Crippen molar-refractivity contribution in [1.82, 2.24) is 9.55 Å². The average molecular weight is 211 g/mol. The van der Waals surface area contributed by atoms with Crippen molar-refractivity contribution in [3.8, 4) is 0 Å². The average Bonchev–Trinajstić information content (AvgIpc) is 2.20. The van der Waals surface area contributed by atoms with Crippen LogP contribution in [0, 0.1) is 5.92 Å². The summed E-state index contributed by atoms with van der Waals surface area (Å²) in [6.07, 6.45) is 1.42. The molecule has 0 aromatic carbocycles. The lowest BCUT2D eigenvalue weighted by Crippen LogP contribution is -2.48. The second kappa shape index (κ2) is 3.63. The predicted octanol–water partition coefficient (Wildman–Crippen LogP) is -1.26. The third-order valence-corrected chi connectivity index (χ3v) is 2.86. The Morgan fingerprint density at radius 1 is 1.67 bits per heavy atom. The Kier molecular flexibility index (Phi) is 2.45. The number of aromatic nitrogens is 2. The lowest BCUT2D eigenvalue weighted by atomic mass is 9.77. The quantitative estimate of drug-likeness (QED) is 0.566. The van der Waals surface area contributed by atoms with Gasteiger partial charge in [-0.1, -0.05) is 0 Å². The maximum absolute atomic E-state index is 11.4. The van der Waals surface area contributed by atoms with Crippen LogP contribution in [0.4, 0.5) is 5.82 Å². The van der Waals surface area contributed by atoms with Crippen LogP contribution < -0.4 is 11.4 Å². The fraction of sp³-hybridized carbons (Fsp3) is 0.556. The molecule has 1 aliphatic carbocycles. The van der Waals surface area contributed by atoms with Crippen LogP contribution >= 0.6 is 0 Å². The normalized spacial score (nSPS) is 29.9. The van der Waals surface area contributed by atoms with Crippen LogP contribution in [0.15, 0.2) is 17.1 Å². The Hall–Kier alpha value is -1.40. The maximum atomic E-state index is 11.4. The molecule has 2 rings (SSSR count). The first kappa shape index (κ1) is 10.1. The van der Waals surface area contributed by atoms with E-state index < -0.39 is 11.8 Å². The van der Waals surface area contributed by atoms with Gasteiger partial charge in [0.15, 0.2) is 0 Å². The minimum absolute atomic E-state index is 0.0607. The van der Waals surface area contributed by atoms with Crippen molar-refractivity contribution >= 4 is 5.82 Å². The summed E-state index contributed by atoms with van der Waals surface area (Å²) in [4.78, 5) is 15.0. The van der Waals surface area contributed by atoms with E-state index in [9.17, 15) is 9.90 Å². The van der Waals surface area contributed by atoms with Crippen LogP contribution in [0.5, 0.6) is 0 Å².